The lowest BCUT2D eigenvalue weighted by Crippen LogP contribution is -2.67. The Bertz CT molecular complexity index is 178. The van der Waals surface area contributed by atoms with E-state index in [1.807, 2.05) is 0 Å². The average Bonchev–Trinajstić information content (AvgIpc) is 2.12. The number of hydrogen-bond donors (Lipinski definition) is 7. The molecule has 0 aromatic heterocycles. The van der Waals surface area contributed by atoms with Crippen LogP contribution in [0.3, 0.4) is 0 Å². The molecule has 0 rings (SSSR count). The summed E-state index contributed by atoms with van der Waals surface area (Å²) < 4.78 is 0. The normalized spacial score (nSPS) is 16.1. The number of nitrogens with zero attached hydrogens (tertiary/aromatic N) is 1. The van der Waals surface area contributed by atoms with E-state index in [-0.39, 0.29) is 4.90 Å². The molecule has 1 atom stereocenters. The number of rotatable bonds is 5. The highest BCUT2D eigenvalue weighted by molar-refractivity contribution is 4.90. The molecule has 8 N–H and O–H groups in total. The van der Waals surface area contributed by atoms with Crippen molar-refractivity contribution in [1.82, 2.24) is 4.90 Å². The molecule has 0 aromatic rings. The highest BCUT2D eigenvalue weighted by Gasteiger charge is 2.42. The van der Waals surface area contributed by atoms with Crippen molar-refractivity contribution in [2.45, 2.75) is 17.9 Å². The van der Waals surface area contributed by atoms with Crippen LogP contribution < -0.4 is 5.73 Å². The van der Waals surface area contributed by atoms with Gasteiger partial charge in [0.2, 0.25) is 0 Å². The van der Waals surface area contributed by atoms with E-state index >= 15 is 0 Å². The summed E-state index contributed by atoms with van der Waals surface area (Å²) >= 11 is 0. The summed E-state index contributed by atoms with van der Waals surface area (Å²) in [6.45, 7) is -1.60. The minimum atomic E-state index is -3.28. The van der Waals surface area contributed by atoms with Crippen LogP contribution in [0.1, 0.15) is 0 Å². The van der Waals surface area contributed by atoms with Crippen LogP contribution in [-0.2, 0) is 0 Å². The Hall–Kier alpha value is -0.320. The Morgan fingerprint density at radius 3 is 1.79 bits per heavy atom. The van der Waals surface area contributed by atoms with E-state index in [1.165, 1.54) is 0 Å². The van der Waals surface area contributed by atoms with Crippen molar-refractivity contribution < 1.29 is 30.6 Å². The fraction of sp³-hybridized carbons (Fsp3) is 1.00. The molecule has 0 radical (unpaired) electrons. The number of aliphatic hydroxyl groups is 6. The summed E-state index contributed by atoms with van der Waals surface area (Å²) in [7, 11) is 0.942. The van der Waals surface area contributed by atoms with Crippen LogP contribution in [0.15, 0.2) is 0 Å². The van der Waals surface area contributed by atoms with Crippen LogP contribution in [0.25, 0.3) is 0 Å². The summed E-state index contributed by atoms with van der Waals surface area (Å²) in [6.07, 6.45) is -5.12. The maximum absolute atomic E-state index is 9.37. The predicted molar refractivity (Wildman–Crippen MR) is 44.2 cm³/mol. The van der Waals surface area contributed by atoms with Crippen molar-refractivity contribution in [3.8, 4) is 0 Å². The van der Waals surface area contributed by atoms with Gasteiger partial charge in [0.25, 0.3) is 0 Å². The van der Waals surface area contributed by atoms with Crippen LogP contribution in [0, 0.1) is 0 Å². The monoisotopic (exact) mass is 212 g/mol. The van der Waals surface area contributed by atoms with Gasteiger partial charge in [-0.2, -0.15) is 0 Å². The molecule has 8 heteroatoms. The van der Waals surface area contributed by atoms with Crippen molar-refractivity contribution in [1.29, 1.82) is 0 Å². The molecule has 1 unspecified atom stereocenters. The van der Waals surface area contributed by atoms with E-state index in [0.717, 1.165) is 7.05 Å². The van der Waals surface area contributed by atoms with Gasteiger partial charge in [-0.1, -0.05) is 0 Å². The van der Waals surface area contributed by atoms with Crippen LogP contribution in [0.2, 0.25) is 0 Å². The number of likely N-dealkylation sites (N-methyl/N-ethyl adjacent to an activating group) is 1. The minimum Gasteiger partial charge on any atom is -0.394 e. The Balaban J connectivity index is 4.67. The zero-order valence-electron chi connectivity index (χ0n) is 7.70. The molecule has 14 heavy (non-hydrogen) atoms. The number of nitrogens with two attached hydrogens (primary N) is 1. The second-order valence-corrected chi connectivity index (χ2v) is 3.13. The SMILES string of the molecule is CN(C(O)C(N)(CO)CO)C(O)(O)O. The number of aliphatic hydroxyl groups excluding tert-OH is 3. The Morgan fingerprint density at radius 2 is 1.57 bits per heavy atom. The zero-order chi connectivity index (χ0) is 11.6. The highest BCUT2D eigenvalue weighted by Crippen LogP contribution is 2.14. The molecular formula is C6H16N2O6. The summed E-state index contributed by atoms with van der Waals surface area (Å²) in [5.41, 5.74) is 3.45. The summed E-state index contributed by atoms with van der Waals surface area (Å²) in [4.78, 5) is 0.277. The van der Waals surface area contributed by atoms with Gasteiger partial charge in [0.1, 0.15) is 11.8 Å². The standard InChI is InChI=1S/C6H16N2O6/c1-8(6(12,13)14)4(11)5(7,2-9)3-10/h4,9-14H,2-3,7H2,1H3. The minimum absolute atomic E-state index is 0.277. The fourth-order valence-corrected chi connectivity index (χ4v) is 0.763. The van der Waals surface area contributed by atoms with Crippen LogP contribution in [0.4, 0.5) is 0 Å². The highest BCUT2D eigenvalue weighted by atomic mass is 16.7. The third kappa shape index (κ3) is 2.83. The number of hydrogen-bond acceptors (Lipinski definition) is 8. The van der Waals surface area contributed by atoms with Crippen molar-refractivity contribution in [2.75, 3.05) is 20.3 Å². The van der Waals surface area contributed by atoms with Crippen LogP contribution >= 0.6 is 0 Å². The molecule has 86 valence electrons. The molecule has 0 aliphatic rings. The molecule has 0 heterocycles. The largest absolute Gasteiger partial charge is 0.394 e. The topological polar surface area (TPSA) is 151 Å². The van der Waals surface area contributed by atoms with E-state index in [1.54, 1.807) is 0 Å². The summed E-state index contributed by atoms with van der Waals surface area (Å²) in [6, 6.07) is 0. The lowest BCUT2D eigenvalue weighted by atomic mass is 10.0. The second kappa shape index (κ2) is 4.47. The van der Waals surface area contributed by atoms with E-state index in [0.29, 0.717) is 0 Å². The fourth-order valence-electron chi connectivity index (χ4n) is 0.763. The molecule has 0 aliphatic carbocycles. The van der Waals surface area contributed by atoms with Gasteiger partial charge < -0.3 is 36.4 Å². The first-order chi connectivity index (χ1) is 6.19. The zero-order valence-corrected chi connectivity index (χ0v) is 7.70. The second-order valence-electron chi connectivity index (χ2n) is 3.13. The van der Waals surface area contributed by atoms with Crippen molar-refractivity contribution in [3.63, 3.8) is 0 Å². The molecule has 0 saturated heterocycles. The van der Waals surface area contributed by atoms with Crippen molar-refractivity contribution in [2.24, 2.45) is 5.73 Å². The van der Waals surface area contributed by atoms with Crippen molar-refractivity contribution >= 4 is 0 Å². The first-order valence-electron chi connectivity index (χ1n) is 3.77. The first kappa shape index (κ1) is 13.7. The van der Waals surface area contributed by atoms with Gasteiger partial charge in [0.05, 0.1) is 13.2 Å². The molecule has 0 fully saturated rings. The van der Waals surface area contributed by atoms with Gasteiger partial charge in [-0.05, 0) is 7.05 Å². The quantitative estimate of drug-likeness (QED) is 0.225. The van der Waals surface area contributed by atoms with Crippen LogP contribution in [-0.4, -0.2) is 73.7 Å². The molecule has 0 amide bonds. The van der Waals surface area contributed by atoms with E-state index in [9.17, 15) is 5.11 Å². The van der Waals surface area contributed by atoms with Gasteiger partial charge in [-0.3, -0.25) is 0 Å². The Labute approximate surface area is 80.4 Å². The first-order valence-corrected chi connectivity index (χ1v) is 3.77. The predicted octanol–water partition coefficient (Wildman–Crippen LogP) is -4.49. The van der Waals surface area contributed by atoms with Gasteiger partial charge in [0.15, 0.2) is 0 Å². The van der Waals surface area contributed by atoms with Gasteiger partial charge >= 0.3 is 6.10 Å². The summed E-state index contributed by atoms with van der Waals surface area (Å²) in [5, 5.41) is 52.9. The van der Waals surface area contributed by atoms with E-state index < -0.39 is 31.1 Å². The smallest absolute Gasteiger partial charge is 0.347 e. The van der Waals surface area contributed by atoms with Crippen molar-refractivity contribution in [3.05, 3.63) is 0 Å². The third-order valence-electron chi connectivity index (χ3n) is 1.94. The molecule has 0 bridgehead atoms. The molecule has 8 nitrogen and oxygen atoms in total. The Kier molecular flexibility index (Phi) is 4.36. The maximum Gasteiger partial charge on any atom is 0.347 e. The van der Waals surface area contributed by atoms with Gasteiger partial charge in [-0.15, -0.1) is 0 Å². The molecule has 0 spiro atoms. The van der Waals surface area contributed by atoms with E-state index in [4.69, 9.17) is 31.3 Å². The Morgan fingerprint density at radius 1 is 1.21 bits per heavy atom. The van der Waals surface area contributed by atoms with Crippen LogP contribution in [0.5, 0.6) is 0 Å². The lowest BCUT2D eigenvalue weighted by Gasteiger charge is -2.39. The van der Waals surface area contributed by atoms with E-state index in [2.05, 4.69) is 0 Å². The maximum atomic E-state index is 9.37. The van der Waals surface area contributed by atoms with Gasteiger partial charge in [0, 0.05) is 0 Å². The molecule has 0 aromatic carbocycles. The molecular weight excluding hydrogens is 196 g/mol. The average molecular weight is 212 g/mol. The lowest BCUT2D eigenvalue weighted by molar-refractivity contribution is -0.412. The molecule has 0 saturated carbocycles. The summed E-state index contributed by atoms with van der Waals surface area (Å²) in [5.74, 6) is 0. The van der Waals surface area contributed by atoms with Gasteiger partial charge in [-0.25, -0.2) is 4.90 Å². The molecule has 0 aliphatic heterocycles. The third-order valence-corrected chi connectivity index (χ3v) is 1.94.